The average Bonchev–Trinajstić information content (AvgIpc) is 2.30. The highest BCUT2D eigenvalue weighted by Gasteiger charge is 2.08. The molecule has 0 bridgehead atoms. The van der Waals surface area contributed by atoms with Crippen molar-refractivity contribution in [1.29, 1.82) is 0 Å². The molecule has 0 saturated carbocycles. The number of pyridine rings is 1. The van der Waals surface area contributed by atoms with Gasteiger partial charge in [-0.25, -0.2) is 4.98 Å². The molecule has 0 atom stereocenters. The summed E-state index contributed by atoms with van der Waals surface area (Å²) in [5, 5.41) is 0.491. The van der Waals surface area contributed by atoms with Crippen molar-refractivity contribution in [2.45, 2.75) is 11.4 Å². The SMILES string of the molecule is COC(=O)CCSc1nc(C(N)=O)ccc1N. The Labute approximate surface area is 103 Å². The number of primary amides is 1. The molecule has 0 saturated heterocycles. The summed E-state index contributed by atoms with van der Waals surface area (Å²) in [7, 11) is 1.33. The number of nitrogen functional groups attached to an aromatic ring is 1. The lowest BCUT2D eigenvalue weighted by molar-refractivity contribution is -0.140. The third-order valence-electron chi connectivity index (χ3n) is 1.91. The van der Waals surface area contributed by atoms with Crippen molar-refractivity contribution in [2.24, 2.45) is 5.73 Å². The van der Waals surface area contributed by atoms with Crippen LogP contribution in [0.25, 0.3) is 0 Å². The van der Waals surface area contributed by atoms with Crippen molar-refractivity contribution in [2.75, 3.05) is 18.6 Å². The third kappa shape index (κ3) is 3.95. The maximum absolute atomic E-state index is 10.9. The summed E-state index contributed by atoms with van der Waals surface area (Å²) in [5.41, 5.74) is 11.4. The number of ether oxygens (including phenoxy) is 1. The van der Waals surface area contributed by atoms with E-state index >= 15 is 0 Å². The fraction of sp³-hybridized carbons (Fsp3) is 0.300. The second-order valence-corrected chi connectivity index (χ2v) is 4.21. The van der Waals surface area contributed by atoms with Gasteiger partial charge in [-0.1, -0.05) is 0 Å². The van der Waals surface area contributed by atoms with E-state index in [2.05, 4.69) is 9.72 Å². The molecule has 7 heteroatoms. The van der Waals surface area contributed by atoms with Crippen LogP contribution >= 0.6 is 11.8 Å². The lowest BCUT2D eigenvalue weighted by Crippen LogP contribution is -2.13. The fourth-order valence-corrected chi connectivity index (χ4v) is 1.90. The van der Waals surface area contributed by atoms with Gasteiger partial charge in [-0.15, -0.1) is 11.8 Å². The van der Waals surface area contributed by atoms with Gasteiger partial charge in [0.25, 0.3) is 5.91 Å². The first-order valence-corrected chi connectivity index (χ1v) is 5.79. The highest BCUT2D eigenvalue weighted by Crippen LogP contribution is 2.23. The lowest BCUT2D eigenvalue weighted by atomic mass is 10.3. The summed E-state index contributed by atoms with van der Waals surface area (Å²) in [5.74, 6) is -0.437. The predicted molar refractivity (Wildman–Crippen MR) is 64.5 cm³/mol. The van der Waals surface area contributed by atoms with E-state index in [4.69, 9.17) is 11.5 Å². The Morgan fingerprint density at radius 3 is 2.76 bits per heavy atom. The Hall–Kier alpha value is -1.76. The molecule has 1 aromatic heterocycles. The summed E-state index contributed by atoms with van der Waals surface area (Å²) in [4.78, 5) is 25.8. The number of hydrogen-bond acceptors (Lipinski definition) is 6. The summed E-state index contributed by atoms with van der Waals surface area (Å²) in [6, 6.07) is 3.02. The minimum Gasteiger partial charge on any atom is -0.469 e. The van der Waals surface area contributed by atoms with Gasteiger partial charge in [0.2, 0.25) is 0 Å². The molecule has 4 N–H and O–H groups in total. The van der Waals surface area contributed by atoms with Crippen molar-refractivity contribution in [3.63, 3.8) is 0 Å². The first-order chi connectivity index (χ1) is 8.04. The number of rotatable bonds is 5. The van der Waals surface area contributed by atoms with Crippen molar-refractivity contribution < 1.29 is 14.3 Å². The molecule has 0 aliphatic carbocycles. The average molecular weight is 255 g/mol. The van der Waals surface area contributed by atoms with Crippen LogP contribution in [0.3, 0.4) is 0 Å². The second-order valence-electron chi connectivity index (χ2n) is 3.13. The third-order valence-corrected chi connectivity index (χ3v) is 2.92. The molecule has 0 unspecified atom stereocenters. The van der Waals surface area contributed by atoms with E-state index < -0.39 is 5.91 Å². The van der Waals surface area contributed by atoms with Crippen molar-refractivity contribution in [1.82, 2.24) is 4.98 Å². The van der Waals surface area contributed by atoms with Gasteiger partial charge >= 0.3 is 5.97 Å². The zero-order chi connectivity index (χ0) is 12.8. The molecule has 1 amide bonds. The number of esters is 1. The van der Waals surface area contributed by atoms with Crippen LogP contribution in [0.5, 0.6) is 0 Å². The Morgan fingerprint density at radius 1 is 1.47 bits per heavy atom. The maximum Gasteiger partial charge on any atom is 0.306 e. The molecule has 0 fully saturated rings. The Bertz CT molecular complexity index is 437. The van der Waals surface area contributed by atoms with Gasteiger partial charge in [0.15, 0.2) is 0 Å². The van der Waals surface area contributed by atoms with E-state index in [1.807, 2.05) is 0 Å². The Kier molecular flexibility index (Phi) is 4.77. The number of aromatic nitrogens is 1. The quantitative estimate of drug-likeness (QED) is 0.583. The van der Waals surface area contributed by atoms with E-state index in [1.54, 1.807) is 6.07 Å². The first-order valence-electron chi connectivity index (χ1n) is 4.80. The number of thioether (sulfide) groups is 1. The highest BCUT2D eigenvalue weighted by molar-refractivity contribution is 7.99. The number of anilines is 1. The molecule has 17 heavy (non-hydrogen) atoms. The largest absolute Gasteiger partial charge is 0.469 e. The molecule has 1 heterocycles. The van der Waals surface area contributed by atoms with Gasteiger partial charge in [-0.05, 0) is 12.1 Å². The van der Waals surface area contributed by atoms with Crippen LogP contribution in [0.2, 0.25) is 0 Å². The monoisotopic (exact) mass is 255 g/mol. The minimum absolute atomic E-state index is 0.153. The van der Waals surface area contributed by atoms with Crippen LogP contribution in [0.15, 0.2) is 17.2 Å². The van der Waals surface area contributed by atoms with Crippen LogP contribution in [0.1, 0.15) is 16.9 Å². The molecule has 6 nitrogen and oxygen atoms in total. The minimum atomic E-state index is -0.611. The molecule has 0 aliphatic rings. The second kappa shape index (κ2) is 6.09. The van der Waals surface area contributed by atoms with E-state index in [9.17, 15) is 9.59 Å². The van der Waals surface area contributed by atoms with Crippen LogP contribution in [-0.4, -0.2) is 29.7 Å². The van der Waals surface area contributed by atoms with Crippen molar-refractivity contribution >= 4 is 29.3 Å². The molecular weight excluding hydrogens is 242 g/mol. The first kappa shape index (κ1) is 13.3. The van der Waals surface area contributed by atoms with Gasteiger partial charge in [-0.2, -0.15) is 0 Å². The number of nitrogens with zero attached hydrogens (tertiary/aromatic N) is 1. The lowest BCUT2D eigenvalue weighted by Gasteiger charge is -2.05. The van der Waals surface area contributed by atoms with Crippen molar-refractivity contribution in [3.8, 4) is 0 Å². The number of nitrogens with two attached hydrogens (primary N) is 2. The van der Waals surface area contributed by atoms with E-state index in [1.165, 1.54) is 24.9 Å². The van der Waals surface area contributed by atoms with Crippen LogP contribution in [-0.2, 0) is 9.53 Å². The Balaban J connectivity index is 2.66. The molecule has 0 aliphatic heterocycles. The summed E-state index contributed by atoms with van der Waals surface area (Å²) in [6.07, 6.45) is 0.253. The van der Waals surface area contributed by atoms with E-state index in [-0.39, 0.29) is 18.1 Å². The fourth-order valence-electron chi connectivity index (χ4n) is 1.04. The van der Waals surface area contributed by atoms with E-state index in [0.29, 0.717) is 16.5 Å². The summed E-state index contributed by atoms with van der Waals surface area (Å²) in [6.45, 7) is 0. The van der Waals surface area contributed by atoms with Crippen molar-refractivity contribution in [3.05, 3.63) is 17.8 Å². The van der Waals surface area contributed by atoms with Gasteiger partial charge in [0.05, 0.1) is 19.2 Å². The number of amides is 1. The molecule has 1 rings (SSSR count). The normalized spacial score (nSPS) is 9.94. The predicted octanol–water partition coefficient (Wildman–Crippen LogP) is 0.418. The zero-order valence-corrected chi connectivity index (χ0v) is 10.1. The topological polar surface area (TPSA) is 108 Å². The van der Waals surface area contributed by atoms with Crippen LogP contribution in [0.4, 0.5) is 5.69 Å². The van der Waals surface area contributed by atoms with Gasteiger partial charge in [0, 0.05) is 5.75 Å². The molecule has 0 aromatic carbocycles. The van der Waals surface area contributed by atoms with Gasteiger partial charge in [-0.3, -0.25) is 9.59 Å². The summed E-state index contributed by atoms with van der Waals surface area (Å²) < 4.78 is 4.50. The molecule has 0 radical (unpaired) electrons. The van der Waals surface area contributed by atoms with Crippen LogP contribution < -0.4 is 11.5 Å². The number of methoxy groups -OCH3 is 1. The molecule has 92 valence electrons. The highest BCUT2D eigenvalue weighted by atomic mass is 32.2. The summed E-state index contributed by atoms with van der Waals surface area (Å²) >= 11 is 1.28. The molecule has 0 spiro atoms. The smallest absolute Gasteiger partial charge is 0.306 e. The standard InChI is InChI=1S/C10H13N3O3S/c1-16-8(14)4-5-17-10-6(11)2-3-7(13-10)9(12)15/h2-3H,4-5,11H2,1H3,(H2,12,15). The number of carbonyl (C=O) groups is 2. The van der Waals surface area contributed by atoms with Gasteiger partial charge in [0.1, 0.15) is 10.7 Å². The zero-order valence-electron chi connectivity index (χ0n) is 9.30. The van der Waals surface area contributed by atoms with E-state index in [0.717, 1.165) is 0 Å². The van der Waals surface area contributed by atoms with Gasteiger partial charge < -0.3 is 16.2 Å². The molecular formula is C10H13N3O3S. The number of carbonyl (C=O) groups excluding carboxylic acids is 2. The number of hydrogen-bond donors (Lipinski definition) is 2. The van der Waals surface area contributed by atoms with Crippen LogP contribution in [0, 0.1) is 0 Å². The molecule has 1 aromatic rings. The Morgan fingerprint density at radius 2 is 2.18 bits per heavy atom. The maximum atomic E-state index is 10.9.